The van der Waals surface area contributed by atoms with Crippen LogP contribution in [0.15, 0.2) is 24.8 Å². The molecule has 3 heterocycles. The molecular formula is C15H18ClN5. The van der Waals surface area contributed by atoms with Crippen molar-refractivity contribution in [1.82, 2.24) is 19.5 Å². The van der Waals surface area contributed by atoms with E-state index in [9.17, 15) is 0 Å². The summed E-state index contributed by atoms with van der Waals surface area (Å²) in [7, 11) is 0. The van der Waals surface area contributed by atoms with E-state index in [2.05, 4.69) is 19.4 Å². The number of halogens is 1. The molecule has 2 aromatic rings. The molecule has 1 atom stereocenters. The Kier molecular flexibility index (Phi) is 3.30. The molecule has 1 saturated carbocycles. The van der Waals surface area contributed by atoms with Gasteiger partial charge in [-0.05, 0) is 25.7 Å². The van der Waals surface area contributed by atoms with Crippen LogP contribution in [-0.4, -0.2) is 32.1 Å². The third kappa shape index (κ3) is 2.75. The molecule has 0 radical (unpaired) electrons. The molecule has 1 aliphatic carbocycles. The molecule has 5 nitrogen and oxygen atoms in total. The van der Waals surface area contributed by atoms with E-state index < -0.39 is 0 Å². The second-order valence-corrected chi connectivity index (χ2v) is 6.32. The zero-order valence-electron chi connectivity index (χ0n) is 11.8. The fourth-order valence-electron chi connectivity index (χ4n) is 3.06. The summed E-state index contributed by atoms with van der Waals surface area (Å²) in [5.41, 5.74) is 0. The van der Waals surface area contributed by atoms with Crippen LogP contribution >= 0.6 is 11.6 Å². The van der Waals surface area contributed by atoms with Crippen molar-refractivity contribution in [3.05, 3.63) is 35.8 Å². The summed E-state index contributed by atoms with van der Waals surface area (Å²) in [6.07, 6.45) is 10.5. The van der Waals surface area contributed by atoms with Crippen molar-refractivity contribution in [2.45, 2.75) is 44.2 Å². The van der Waals surface area contributed by atoms with E-state index in [1.54, 1.807) is 0 Å². The van der Waals surface area contributed by atoms with Gasteiger partial charge in [-0.1, -0.05) is 11.6 Å². The minimum absolute atomic E-state index is 0.456. The monoisotopic (exact) mass is 303 g/mol. The Bertz CT molecular complexity index is 623. The number of nitrogens with zero attached hydrogens (tertiary/aromatic N) is 5. The third-order valence-corrected chi connectivity index (χ3v) is 4.49. The quantitative estimate of drug-likeness (QED) is 0.815. The standard InChI is InChI=1S/C15H18ClN5/c16-13-8-14(19-15(18-13)11-3-4-11)21-6-1-2-12(21)9-20-7-5-17-10-20/h5,7-8,10-12H,1-4,6,9H2. The largest absolute Gasteiger partial charge is 0.352 e. The van der Waals surface area contributed by atoms with E-state index in [-0.39, 0.29) is 0 Å². The Hall–Kier alpha value is -1.62. The van der Waals surface area contributed by atoms with Crippen LogP contribution in [0.25, 0.3) is 0 Å². The number of rotatable bonds is 4. The van der Waals surface area contributed by atoms with E-state index in [1.807, 2.05) is 24.8 Å². The highest BCUT2D eigenvalue weighted by molar-refractivity contribution is 6.29. The van der Waals surface area contributed by atoms with Crippen molar-refractivity contribution in [3.63, 3.8) is 0 Å². The lowest BCUT2D eigenvalue weighted by atomic mass is 10.2. The molecule has 0 amide bonds. The van der Waals surface area contributed by atoms with Gasteiger partial charge in [-0.3, -0.25) is 0 Å². The van der Waals surface area contributed by atoms with Crippen LogP contribution in [0.4, 0.5) is 5.82 Å². The Morgan fingerprint density at radius 3 is 2.90 bits per heavy atom. The lowest BCUT2D eigenvalue weighted by molar-refractivity contribution is 0.546. The van der Waals surface area contributed by atoms with E-state index in [0.717, 1.165) is 24.7 Å². The molecule has 2 aromatic heterocycles. The van der Waals surface area contributed by atoms with Crippen LogP contribution < -0.4 is 4.90 Å². The van der Waals surface area contributed by atoms with Gasteiger partial charge in [0.25, 0.3) is 0 Å². The summed E-state index contributed by atoms with van der Waals surface area (Å²) in [5.74, 6) is 2.43. The van der Waals surface area contributed by atoms with Crippen LogP contribution in [0, 0.1) is 0 Å². The van der Waals surface area contributed by atoms with Gasteiger partial charge < -0.3 is 9.47 Å². The van der Waals surface area contributed by atoms with Crippen molar-refractivity contribution in [3.8, 4) is 0 Å². The first kappa shape index (κ1) is 13.1. The van der Waals surface area contributed by atoms with Gasteiger partial charge in [-0.25, -0.2) is 15.0 Å². The SMILES string of the molecule is Clc1cc(N2CCCC2Cn2ccnc2)nc(C2CC2)n1. The van der Waals surface area contributed by atoms with Gasteiger partial charge in [0.05, 0.1) is 6.33 Å². The van der Waals surface area contributed by atoms with Crippen molar-refractivity contribution in [2.75, 3.05) is 11.4 Å². The summed E-state index contributed by atoms with van der Waals surface area (Å²) in [4.78, 5) is 15.6. The fraction of sp³-hybridized carbons (Fsp3) is 0.533. The van der Waals surface area contributed by atoms with Crippen LogP contribution in [0.1, 0.15) is 37.4 Å². The summed E-state index contributed by atoms with van der Waals surface area (Å²) >= 11 is 6.20. The lowest BCUT2D eigenvalue weighted by Crippen LogP contribution is -2.33. The van der Waals surface area contributed by atoms with Gasteiger partial charge in [0.2, 0.25) is 0 Å². The smallest absolute Gasteiger partial charge is 0.135 e. The van der Waals surface area contributed by atoms with E-state index >= 15 is 0 Å². The zero-order chi connectivity index (χ0) is 14.2. The van der Waals surface area contributed by atoms with Crippen molar-refractivity contribution >= 4 is 17.4 Å². The molecule has 0 spiro atoms. The highest BCUT2D eigenvalue weighted by Gasteiger charge is 2.30. The Morgan fingerprint density at radius 1 is 1.24 bits per heavy atom. The normalized spacial score (nSPS) is 22.0. The van der Waals surface area contributed by atoms with Gasteiger partial charge in [0.1, 0.15) is 16.8 Å². The topological polar surface area (TPSA) is 46.8 Å². The minimum atomic E-state index is 0.456. The summed E-state index contributed by atoms with van der Waals surface area (Å²) in [6, 6.07) is 2.36. The highest BCUT2D eigenvalue weighted by Crippen LogP contribution is 2.39. The fourth-order valence-corrected chi connectivity index (χ4v) is 3.24. The average molecular weight is 304 g/mol. The molecule has 0 N–H and O–H groups in total. The maximum Gasteiger partial charge on any atom is 0.135 e. The van der Waals surface area contributed by atoms with Crippen molar-refractivity contribution in [1.29, 1.82) is 0 Å². The molecule has 1 aliphatic heterocycles. The molecule has 1 saturated heterocycles. The Morgan fingerprint density at radius 2 is 2.14 bits per heavy atom. The summed E-state index contributed by atoms with van der Waals surface area (Å²) < 4.78 is 2.13. The molecule has 0 aromatic carbocycles. The number of hydrogen-bond acceptors (Lipinski definition) is 4. The number of hydrogen-bond donors (Lipinski definition) is 0. The van der Waals surface area contributed by atoms with Gasteiger partial charge in [-0.15, -0.1) is 0 Å². The maximum absolute atomic E-state index is 6.20. The molecule has 0 bridgehead atoms. The van der Waals surface area contributed by atoms with Crippen LogP contribution in [-0.2, 0) is 6.54 Å². The molecule has 2 fully saturated rings. The van der Waals surface area contributed by atoms with Crippen LogP contribution in [0.5, 0.6) is 0 Å². The Balaban J connectivity index is 1.59. The first-order valence-corrected chi connectivity index (χ1v) is 7.94. The van der Waals surface area contributed by atoms with E-state index in [1.165, 1.54) is 25.7 Å². The first-order chi connectivity index (χ1) is 10.3. The maximum atomic E-state index is 6.20. The molecular weight excluding hydrogens is 286 g/mol. The molecule has 21 heavy (non-hydrogen) atoms. The van der Waals surface area contributed by atoms with Crippen molar-refractivity contribution < 1.29 is 0 Å². The van der Waals surface area contributed by atoms with E-state index in [4.69, 9.17) is 16.6 Å². The second-order valence-electron chi connectivity index (χ2n) is 5.93. The molecule has 4 rings (SSSR count). The lowest BCUT2D eigenvalue weighted by Gasteiger charge is -2.26. The van der Waals surface area contributed by atoms with Crippen LogP contribution in [0.2, 0.25) is 5.15 Å². The minimum Gasteiger partial charge on any atom is -0.352 e. The average Bonchev–Trinajstić information content (AvgIpc) is 3.01. The second kappa shape index (κ2) is 5.30. The predicted octanol–water partition coefficient (Wildman–Crippen LogP) is 2.87. The Labute approximate surface area is 129 Å². The summed E-state index contributed by atoms with van der Waals surface area (Å²) in [6.45, 7) is 1.98. The molecule has 1 unspecified atom stereocenters. The number of imidazole rings is 1. The van der Waals surface area contributed by atoms with Gasteiger partial charge in [-0.2, -0.15) is 0 Å². The third-order valence-electron chi connectivity index (χ3n) is 4.29. The van der Waals surface area contributed by atoms with Crippen molar-refractivity contribution in [2.24, 2.45) is 0 Å². The first-order valence-electron chi connectivity index (χ1n) is 7.56. The summed E-state index contributed by atoms with van der Waals surface area (Å²) in [5, 5.41) is 0.565. The van der Waals surface area contributed by atoms with E-state index in [0.29, 0.717) is 17.1 Å². The molecule has 6 heteroatoms. The number of anilines is 1. The van der Waals surface area contributed by atoms with Gasteiger partial charge in [0.15, 0.2) is 0 Å². The van der Waals surface area contributed by atoms with Gasteiger partial charge >= 0.3 is 0 Å². The van der Waals surface area contributed by atoms with Gasteiger partial charge in [0, 0.05) is 43.5 Å². The van der Waals surface area contributed by atoms with Crippen LogP contribution in [0.3, 0.4) is 0 Å². The predicted molar refractivity (Wildman–Crippen MR) is 81.6 cm³/mol. The highest BCUT2D eigenvalue weighted by atomic mass is 35.5. The molecule has 2 aliphatic rings. The number of aromatic nitrogens is 4. The molecule has 110 valence electrons. The zero-order valence-corrected chi connectivity index (χ0v) is 12.6.